The summed E-state index contributed by atoms with van der Waals surface area (Å²) in [7, 11) is 0. The minimum atomic E-state index is -0.409. The van der Waals surface area contributed by atoms with Crippen molar-refractivity contribution in [3.8, 4) is 0 Å². The molecule has 2 rings (SSSR count). The van der Waals surface area contributed by atoms with Gasteiger partial charge in [0, 0.05) is 11.6 Å². The molecule has 0 unspecified atom stereocenters. The van der Waals surface area contributed by atoms with Crippen molar-refractivity contribution in [2.75, 3.05) is 0 Å². The van der Waals surface area contributed by atoms with Crippen LogP contribution in [0.25, 0.3) is 11.0 Å². The summed E-state index contributed by atoms with van der Waals surface area (Å²) in [6, 6.07) is 3.13. The Hall–Kier alpha value is -1.56. The number of nitro groups is 1. The molecular weight excluding hydrogens is 190 g/mol. The SMILES string of the molecule is Cc1cc2nsnc2cc1[N+](=O)[O-]. The molecule has 2 aromatic rings. The highest BCUT2D eigenvalue weighted by molar-refractivity contribution is 7.00. The summed E-state index contributed by atoms with van der Waals surface area (Å²) in [5, 5.41) is 10.5. The molecule has 1 aromatic carbocycles. The Bertz CT molecular complexity index is 480. The molecule has 0 amide bonds. The Kier molecular flexibility index (Phi) is 1.70. The molecule has 5 nitrogen and oxygen atoms in total. The quantitative estimate of drug-likeness (QED) is 0.514. The number of aromatic nitrogens is 2. The topological polar surface area (TPSA) is 68.9 Å². The average Bonchev–Trinajstić information content (AvgIpc) is 2.48. The lowest BCUT2D eigenvalue weighted by molar-refractivity contribution is -0.385. The zero-order valence-electron chi connectivity index (χ0n) is 6.72. The van der Waals surface area contributed by atoms with Gasteiger partial charge in [0.2, 0.25) is 0 Å². The Morgan fingerprint density at radius 1 is 1.38 bits per heavy atom. The molecule has 0 spiro atoms. The Balaban J connectivity index is 2.76. The second kappa shape index (κ2) is 2.74. The minimum absolute atomic E-state index is 0.0974. The molecule has 0 aliphatic carbocycles. The maximum absolute atomic E-state index is 10.5. The van der Waals surface area contributed by atoms with Crippen LogP contribution in [0, 0.1) is 17.0 Å². The first kappa shape index (κ1) is 8.06. The van der Waals surface area contributed by atoms with E-state index in [1.165, 1.54) is 6.07 Å². The van der Waals surface area contributed by atoms with E-state index in [1.54, 1.807) is 13.0 Å². The molecule has 0 fully saturated rings. The van der Waals surface area contributed by atoms with E-state index in [4.69, 9.17) is 0 Å². The van der Waals surface area contributed by atoms with E-state index in [1.807, 2.05) is 0 Å². The van der Waals surface area contributed by atoms with Gasteiger partial charge in [-0.2, -0.15) is 8.75 Å². The van der Waals surface area contributed by atoms with Crippen molar-refractivity contribution in [3.63, 3.8) is 0 Å². The van der Waals surface area contributed by atoms with E-state index in [-0.39, 0.29) is 5.69 Å². The molecule has 13 heavy (non-hydrogen) atoms. The zero-order chi connectivity index (χ0) is 9.42. The summed E-state index contributed by atoms with van der Waals surface area (Å²) in [4.78, 5) is 10.1. The fraction of sp³-hybridized carbons (Fsp3) is 0.143. The van der Waals surface area contributed by atoms with Crippen molar-refractivity contribution in [3.05, 3.63) is 27.8 Å². The summed E-state index contributed by atoms with van der Waals surface area (Å²) in [5.74, 6) is 0. The Morgan fingerprint density at radius 2 is 2.00 bits per heavy atom. The number of aryl methyl sites for hydroxylation is 1. The monoisotopic (exact) mass is 195 g/mol. The van der Waals surface area contributed by atoms with E-state index in [9.17, 15) is 10.1 Å². The highest BCUT2D eigenvalue weighted by Gasteiger charge is 2.12. The van der Waals surface area contributed by atoms with Crippen molar-refractivity contribution in [2.45, 2.75) is 6.92 Å². The van der Waals surface area contributed by atoms with Crippen LogP contribution in [-0.2, 0) is 0 Å². The molecular formula is C7H5N3O2S. The van der Waals surface area contributed by atoms with Crippen LogP contribution >= 0.6 is 11.7 Å². The van der Waals surface area contributed by atoms with Crippen LogP contribution in [-0.4, -0.2) is 13.7 Å². The first-order valence-corrected chi connectivity index (χ1v) is 4.29. The van der Waals surface area contributed by atoms with Crippen molar-refractivity contribution >= 4 is 28.4 Å². The first-order valence-electron chi connectivity index (χ1n) is 3.56. The van der Waals surface area contributed by atoms with Crippen molar-refractivity contribution in [2.24, 2.45) is 0 Å². The lowest BCUT2D eigenvalue weighted by atomic mass is 10.2. The largest absolute Gasteiger partial charge is 0.274 e. The van der Waals surface area contributed by atoms with Gasteiger partial charge in [-0.05, 0) is 13.0 Å². The highest BCUT2D eigenvalue weighted by Crippen LogP contribution is 2.23. The summed E-state index contributed by atoms with van der Waals surface area (Å²) < 4.78 is 7.92. The number of benzene rings is 1. The van der Waals surface area contributed by atoms with Gasteiger partial charge in [-0.25, -0.2) is 0 Å². The molecule has 0 aliphatic rings. The molecule has 1 heterocycles. The molecule has 0 saturated heterocycles. The summed E-state index contributed by atoms with van der Waals surface area (Å²) in [5.41, 5.74) is 2.01. The summed E-state index contributed by atoms with van der Waals surface area (Å²) >= 11 is 1.06. The lowest BCUT2D eigenvalue weighted by Crippen LogP contribution is -1.91. The minimum Gasteiger partial charge on any atom is -0.258 e. The van der Waals surface area contributed by atoms with Gasteiger partial charge < -0.3 is 0 Å². The van der Waals surface area contributed by atoms with Gasteiger partial charge in [0.05, 0.1) is 16.7 Å². The third kappa shape index (κ3) is 1.25. The van der Waals surface area contributed by atoms with Crippen LogP contribution in [0.1, 0.15) is 5.56 Å². The third-order valence-electron chi connectivity index (χ3n) is 1.77. The predicted molar refractivity (Wildman–Crippen MR) is 48.8 cm³/mol. The second-order valence-electron chi connectivity index (χ2n) is 2.65. The number of rotatable bonds is 1. The third-order valence-corrected chi connectivity index (χ3v) is 2.32. The summed E-state index contributed by atoms with van der Waals surface area (Å²) in [6.07, 6.45) is 0. The number of nitro benzene ring substituents is 1. The molecule has 0 atom stereocenters. The van der Waals surface area contributed by atoms with Crippen molar-refractivity contribution < 1.29 is 4.92 Å². The van der Waals surface area contributed by atoms with E-state index < -0.39 is 4.92 Å². The number of nitrogens with zero attached hydrogens (tertiary/aromatic N) is 3. The van der Waals surface area contributed by atoms with E-state index in [0.717, 1.165) is 11.7 Å². The molecule has 0 N–H and O–H groups in total. The molecule has 0 radical (unpaired) electrons. The molecule has 6 heteroatoms. The Labute approximate surface area is 77.5 Å². The van der Waals surface area contributed by atoms with Crippen LogP contribution in [0.3, 0.4) is 0 Å². The van der Waals surface area contributed by atoms with E-state index >= 15 is 0 Å². The zero-order valence-corrected chi connectivity index (χ0v) is 7.54. The van der Waals surface area contributed by atoms with Crippen LogP contribution < -0.4 is 0 Å². The number of fused-ring (bicyclic) bond motifs is 1. The van der Waals surface area contributed by atoms with Crippen LogP contribution in [0.2, 0.25) is 0 Å². The van der Waals surface area contributed by atoms with Crippen LogP contribution in [0.5, 0.6) is 0 Å². The van der Waals surface area contributed by atoms with Gasteiger partial charge in [0.15, 0.2) is 0 Å². The van der Waals surface area contributed by atoms with E-state index in [0.29, 0.717) is 16.6 Å². The molecule has 1 aromatic heterocycles. The molecule has 0 bridgehead atoms. The number of hydrogen-bond donors (Lipinski definition) is 0. The van der Waals surface area contributed by atoms with Crippen molar-refractivity contribution in [1.29, 1.82) is 0 Å². The predicted octanol–water partition coefficient (Wildman–Crippen LogP) is 1.91. The van der Waals surface area contributed by atoms with Gasteiger partial charge in [0.25, 0.3) is 5.69 Å². The van der Waals surface area contributed by atoms with Crippen LogP contribution in [0.15, 0.2) is 12.1 Å². The Morgan fingerprint density at radius 3 is 2.62 bits per heavy atom. The highest BCUT2D eigenvalue weighted by atomic mass is 32.1. The molecule has 0 aliphatic heterocycles. The van der Waals surface area contributed by atoms with Gasteiger partial charge in [-0.15, -0.1) is 0 Å². The fourth-order valence-electron chi connectivity index (χ4n) is 1.12. The maximum Gasteiger partial charge on any atom is 0.274 e. The van der Waals surface area contributed by atoms with Gasteiger partial charge in [-0.1, -0.05) is 0 Å². The smallest absolute Gasteiger partial charge is 0.258 e. The molecule has 0 saturated carbocycles. The first-order chi connectivity index (χ1) is 6.18. The van der Waals surface area contributed by atoms with Gasteiger partial charge >= 0.3 is 0 Å². The lowest BCUT2D eigenvalue weighted by Gasteiger charge is -1.94. The average molecular weight is 195 g/mol. The normalized spacial score (nSPS) is 10.5. The summed E-state index contributed by atoms with van der Waals surface area (Å²) in [6.45, 7) is 1.69. The molecule has 66 valence electrons. The van der Waals surface area contributed by atoms with Crippen molar-refractivity contribution in [1.82, 2.24) is 8.75 Å². The maximum atomic E-state index is 10.5. The van der Waals surface area contributed by atoms with Crippen LogP contribution in [0.4, 0.5) is 5.69 Å². The van der Waals surface area contributed by atoms with Gasteiger partial charge in [-0.3, -0.25) is 10.1 Å². The standard InChI is InChI=1S/C7H5N3O2S/c1-4-2-5-6(9-13-8-5)3-7(4)10(11)12/h2-3H,1H3. The number of hydrogen-bond acceptors (Lipinski definition) is 5. The van der Waals surface area contributed by atoms with Gasteiger partial charge in [0.1, 0.15) is 11.0 Å². The second-order valence-corrected chi connectivity index (χ2v) is 3.18. The fourth-order valence-corrected chi connectivity index (χ4v) is 1.63. The van der Waals surface area contributed by atoms with E-state index in [2.05, 4.69) is 8.75 Å².